The molecule has 3 heteroatoms. The minimum Gasteiger partial charge on any atom is -0.494 e. The van der Waals surface area contributed by atoms with E-state index in [4.69, 9.17) is 9.84 Å². The normalized spacial score (nSPS) is 10.5. The number of aliphatic hydroxyl groups is 1. The molecule has 0 bridgehead atoms. The maximum Gasteiger partial charge on any atom is 0.119 e. The van der Waals surface area contributed by atoms with Gasteiger partial charge in [-0.3, -0.25) is 4.98 Å². The highest BCUT2D eigenvalue weighted by Crippen LogP contribution is 2.22. The molecule has 0 aliphatic heterocycles. The number of aryl methyl sites for hydroxylation is 1. The molecule has 3 nitrogen and oxygen atoms in total. The summed E-state index contributed by atoms with van der Waals surface area (Å²) >= 11 is 0. The largest absolute Gasteiger partial charge is 0.494 e. The average Bonchev–Trinajstić information content (AvgIpc) is 2.45. The molecule has 0 aliphatic rings. The van der Waals surface area contributed by atoms with Gasteiger partial charge in [-0.05, 0) is 49.2 Å². The van der Waals surface area contributed by atoms with Crippen molar-refractivity contribution in [3.05, 3.63) is 47.7 Å². The second-order valence-electron chi connectivity index (χ2n) is 4.47. The smallest absolute Gasteiger partial charge is 0.119 e. The van der Waals surface area contributed by atoms with E-state index < -0.39 is 0 Å². The third-order valence-corrected chi connectivity index (χ3v) is 2.99. The number of pyridine rings is 1. The van der Waals surface area contributed by atoms with Crippen molar-refractivity contribution >= 4 is 0 Å². The monoisotopic (exact) mass is 257 g/mol. The Bertz CT molecular complexity index is 535. The Labute approximate surface area is 113 Å². The Morgan fingerprint density at radius 1 is 1.11 bits per heavy atom. The Balaban J connectivity index is 2.19. The van der Waals surface area contributed by atoms with Crippen LogP contribution in [0.5, 0.6) is 5.75 Å². The molecular weight excluding hydrogens is 238 g/mol. The van der Waals surface area contributed by atoms with Crippen LogP contribution in [-0.4, -0.2) is 16.7 Å². The van der Waals surface area contributed by atoms with Gasteiger partial charge in [0.25, 0.3) is 0 Å². The van der Waals surface area contributed by atoms with Gasteiger partial charge < -0.3 is 9.84 Å². The fourth-order valence-electron chi connectivity index (χ4n) is 1.86. The Morgan fingerprint density at radius 3 is 2.42 bits per heavy atom. The third kappa shape index (κ3) is 3.32. The molecule has 100 valence electrons. The van der Waals surface area contributed by atoms with Crippen LogP contribution in [0.4, 0.5) is 0 Å². The fraction of sp³-hybridized carbons (Fsp3) is 0.312. The van der Waals surface area contributed by atoms with E-state index in [0.29, 0.717) is 0 Å². The Hall–Kier alpha value is -1.87. The molecule has 1 heterocycles. The van der Waals surface area contributed by atoms with Crippen molar-refractivity contribution < 1.29 is 9.84 Å². The highest BCUT2D eigenvalue weighted by Gasteiger charge is 2.03. The summed E-state index contributed by atoms with van der Waals surface area (Å²) in [6.07, 6.45) is 1.01. The highest BCUT2D eigenvalue weighted by atomic mass is 16.5. The van der Waals surface area contributed by atoms with Crippen LogP contribution in [0.1, 0.15) is 24.6 Å². The molecule has 19 heavy (non-hydrogen) atoms. The van der Waals surface area contributed by atoms with Gasteiger partial charge >= 0.3 is 0 Å². The highest BCUT2D eigenvalue weighted by molar-refractivity contribution is 5.60. The first-order valence-corrected chi connectivity index (χ1v) is 6.55. The molecule has 0 aliphatic carbocycles. The van der Waals surface area contributed by atoms with E-state index in [1.54, 1.807) is 0 Å². The number of nitrogens with zero attached hydrogens (tertiary/aromatic N) is 1. The molecule has 2 rings (SSSR count). The van der Waals surface area contributed by atoms with Crippen LogP contribution in [0, 0.1) is 6.92 Å². The van der Waals surface area contributed by atoms with Crippen molar-refractivity contribution in [2.24, 2.45) is 0 Å². The van der Waals surface area contributed by atoms with Crippen molar-refractivity contribution in [2.45, 2.75) is 26.9 Å². The number of ether oxygens (including phenoxy) is 1. The van der Waals surface area contributed by atoms with E-state index in [2.05, 4.69) is 11.9 Å². The van der Waals surface area contributed by atoms with Crippen LogP contribution in [0.2, 0.25) is 0 Å². The molecule has 0 saturated heterocycles. The number of hydrogen-bond donors (Lipinski definition) is 1. The first kappa shape index (κ1) is 13.6. The van der Waals surface area contributed by atoms with Crippen molar-refractivity contribution in [2.75, 3.05) is 6.61 Å². The molecule has 1 aromatic heterocycles. The molecule has 0 radical (unpaired) electrons. The van der Waals surface area contributed by atoms with Gasteiger partial charge in [0.15, 0.2) is 0 Å². The second kappa shape index (κ2) is 6.34. The Morgan fingerprint density at radius 2 is 1.84 bits per heavy atom. The molecule has 1 N–H and O–H groups in total. The van der Waals surface area contributed by atoms with Gasteiger partial charge in [-0.15, -0.1) is 0 Å². The summed E-state index contributed by atoms with van der Waals surface area (Å²) in [5.41, 5.74) is 3.70. The first-order chi connectivity index (χ1) is 9.24. The van der Waals surface area contributed by atoms with Crippen molar-refractivity contribution in [1.82, 2.24) is 4.98 Å². The van der Waals surface area contributed by atoms with Crippen LogP contribution in [-0.2, 0) is 6.61 Å². The van der Waals surface area contributed by atoms with Gasteiger partial charge in [0.05, 0.1) is 18.9 Å². The molecule has 0 fully saturated rings. The second-order valence-corrected chi connectivity index (χ2v) is 4.47. The maximum atomic E-state index is 9.14. The summed E-state index contributed by atoms with van der Waals surface area (Å²) in [5, 5.41) is 9.14. The number of aliphatic hydroxyl groups excluding tert-OH is 1. The minimum atomic E-state index is 0.0307. The molecule has 0 spiro atoms. The van der Waals surface area contributed by atoms with Crippen LogP contribution >= 0.6 is 0 Å². The molecule has 0 amide bonds. The van der Waals surface area contributed by atoms with E-state index in [-0.39, 0.29) is 6.61 Å². The summed E-state index contributed by atoms with van der Waals surface area (Å²) in [6, 6.07) is 11.8. The summed E-state index contributed by atoms with van der Waals surface area (Å²) in [5.74, 6) is 0.884. The standard InChI is InChI=1S/C16H19NO2/c1-3-10-19-15-7-4-13(5-8-15)16-9-6-14(11-18)12(2)17-16/h4-9,18H,3,10-11H2,1-2H3. The van der Waals surface area contributed by atoms with Gasteiger partial charge in [0.2, 0.25) is 0 Å². The van der Waals surface area contributed by atoms with E-state index in [1.165, 1.54) is 0 Å². The van der Waals surface area contributed by atoms with E-state index in [1.807, 2.05) is 43.3 Å². The van der Waals surface area contributed by atoms with E-state index in [9.17, 15) is 0 Å². The van der Waals surface area contributed by atoms with Crippen LogP contribution < -0.4 is 4.74 Å². The first-order valence-electron chi connectivity index (χ1n) is 6.55. The SMILES string of the molecule is CCCOc1ccc(-c2ccc(CO)c(C)n2)cc1. The lowest BCUT2D eigenvalue weighted by atomic mass is 10.1. The summed E-state index contributed by atoms with van der Waals surface area (Å²) < 4.78 is 5.55. The minimum absolute atomic E-state index is 0.0307. The molecule has 2 aromatic rings. The van der Waals surface area contributed by atoms with Gasteiger partial charge in [-0.1, -0.05) is 13.0 Å². The molecule has 0 unspecified atom stereocenters. The third-order valence-electron chi connectivity index (χ3n) is 2.99. The number of aromatic nitrogens is 1. The molecule has 0 saturated carbocycles. The van der Waals surface area contributed by atoms with Crippen LogP contribution in [0.25, 0.3) is 11.3 Å². The number of benzene rings is 1. The summed E-state index contributed by atoms with van der Waals surface area (Å²) in [7, 11) is 0. The maximum absolute atomic E-state index is 9.14. The van der Waals surface area contributed by atoms with E-state index >= 15 is 0 Å². The predicted molar refractivity (Wildman–Crippen MR) is 76.1 cm³/mol. The van der Waals surface area contributed by atoms with Crippen LogP contribution in [0.15, 0.2) is 36.4 Å². The lowest BCUT2D eigenvalue weighted by Gasteiger charge is -2.08. The number of rotatable bonds is 5. The summed E-state index contributed by atoms with van der Waals surface area (Å²) in [4.78, 5) is 4.51. The zero-order valence-corrected chi connectivity index (χ0v) is 11.4. The van der Waals surface area contributed by atoms with Crippen molar-refractivity contribution in [3.8, 4) is 17.0 Å². The molecule has 0 atom stereocenters. The molecular formula is C16H19NO2. The lowest BCUT2D eigenvalue weighted by molar-refractivity contribution is 0.280. The van der Waals surface area contributed by atoms with Gasteiger partial charge in [0.1, 0.15) is 5.75 Å². The van der Waals surface area contributed by atoms with Gasteiger partial charge in [-0.2, -0.15) is 0 Å². The fourth-order valence-corrected chi connectivity index (χ4v) is 1.86. The Kier molecular flexibility index (Phi) is 4.53. The van der Waals surface area contributed by atoms with Gasteiger partial charge in [-0.25, -0.2) is 0 Å². The quantitative estimate of drug-likeness (QED) is 0.893. The average molecular weight is 257 g/mol. The zero-order chi connectivity index (χ0) is 13.7. The van der Waals surface area contributed by atoms with Crippen molar-refractivity contribution in [3.63, 3.8) is 0 Å². The lowest BCUT2D eigenvalue weighted by Crippen LogP contribution is -1.96. The van der Waals surface area contributed by atoms with Gasteiger partial charge in [0, 0.05) is 11.3 Å². The number of hydrogen-bond acceptors (Lipinski definition) is 3. The van der Waals surface area contributed by atoms with E-state index in [0.717, 1.165) is 41.3 Å². The van der Waals surface area contributed by atoms with Crippen molar-refractivity contribution in [1.29, 1.82) is 0 Å². The topological polar surface area (TPSA) is 42.4 Å². The van der Waals surface area contributed by atoms with Crippen LogP contribution in [0.3, 0.4) is 0 Å². The predicted octanol–water partition coefficient (Wildman–Crippen LogP) is 3.34. The zero-order valence-electron chi connectivity index (χ0n) is 11.4. The summed E-state index contributed by atoms with van der Waals surface area (Å²) in [6.45, 7) is 4.77. The molecule has 1 aromatic carbocycles.